The minimum Gasteiger partial charge on any atom is -0.385 e. The molecule has 22 heteroatoms. The van der Waals surface area contributed by atoms with Crippen LogP contribution < -0.4 is 17.0 Å². The van der Waals surface area contributed by atoms with E-state index in [1.165, 1.54) is 17.2 Å². The highest BCUT2D eigenvalue weighted by Gasteiger charge is 2.52. The highest BCUT2D eigenvalue weighted by molar-refractivity contribution is 7.47. The number of nitrogen functional groups attached to an aromatic ring is 2. The molecule has 7 unspecified atom stereocenters. The summed E-state index contributed by atoms with van der Waals surface area (Å²) in [6, 6.07) is 0. The number of nitrogens with one attached hydrogen (secondary N) is 1. The van der Waals surface area contributed by atoms with Gasteiger partial charge >= 0.3 is 7.82 Å². The summed E-state index contributed by atoms with van der Waals surface area (Å²) in [4.78, 5) is 45.6. The standard InChI is InChI=1S/C21H25N10O11P/c22-15-11-16(25-4-24-15)30(5-26-11)9-1-7-8(39-9)2-38-43(35,36)42-14-13(33)20(40-10(32)3-37-7)41-19(14)31-6-27-12-17(31)28-21(23)29-18(12)34/h4-10,13-14,19-20,32-33H,1-3H2,(H,35,36)(H2,22,24,25)(H3,23,28,29,34)/t7-,8?,9-,10?,13?,14?,19?,20?/m1/s1. The Hall–Kier alpha value is -3.63. The summed E-state index contributed by atoms with van der Waals surface area (Å²) >= 11 is 0. The highest BCUT2D eigenvalue weighted by Crippen LogP contribution is 2.50. The van der Waals surface area contributed by atoms with Crippen molar-refractivity contribution in [3.63, 3.8) is 0 Å². The van der Waals surface area contributed by atoms with Crippen LogP contribution in [0.4, 0.5) is 11.8 Å². The SMILES string of the molecule is Nc1nc2c(ncn2C2OC3OC(O)CO[C@@H]4C[C@H](n5cnc6c(N)ncnc65)OC4COP(=O)(O)OC2C3O)c(=O)[nH]1. The zero-order valence-electron chi connectivity index (χ0n) is 21.8. The van der Waals surface area contributed by atoms with Crippen LogP contribution in [-0.2, 0) is 32.6 Å². The number of anilines is 2. The number of hydrogen-bond acceptors (Lipinski definition) is 17. The zero-order chi connectivity index (χ0) is 30.0. The van der Waals surface area contributed by atoms with Gasteiger partial charge in [0, 0.05) is 6.42 Å². The van der Waals surface area contributed by atoms with Crippen LogP contribution in [-0.4, -0.2) is 104 Å². The van der Waals surface area contributed by atoms with Gasteiger partial charge in [-0.15, -0.1) is 0 Å². The molecule has 9 atom stereocenters. The average molecular weight is 624 g/mol. The van der Waals surface area contributed by atoms with Crippen molar-refractivity contribution in [2.24, 2.45) is 0 Å². The van der Waals surface area contributed by atoms with Crippen LogP contribution in [0.3, 0.4) is 0 Å². The second-order valence-electron chi connectivity index (χ2n) is 9.91. The second-order valence-corrected chi connectivity index (χ2v) is 11.3. The molecule has 0 spiro atoms. The number of hydrogen-bond donors (Lipinski definition) is 6. The number of phosphoric ester groups is 1. The molecule has 3 aliphatic heterocycles. The predicted molar refractivity (Wildman–Crippen MR) is 138 cm³/mol. The first-order valence-electron chi connectivity index (χ1n) is 12.8. The molecular formula is C21H25N10O11P. The van der Waals surface area contributed by atoms with Crippen molar-refractivity contribution in [1.82, 2.24) is 39.0 Å². The van der Waals surface area contributed by atoms with Crippen molar-refractivity contribution in [3.05, 3.63) is 29.3 Å². The number of imidazole rings is 2. The van der Waals surface area contributed by atoms with E-state index in [1.807, 2.05) is 0 Å². The Balaban J connectivity index is 1.16. The van der Waals surface area contributed by atoms with Crippen molar-refractivity contribution in [2.75, 3.05) is 24.7 Å². The lowest BCUT2D eigenvalue weighted by Gasteiger charge is -2.25. The van der Waals surface area contributed by atoms with E-state index in [0.29, 0.717) is 11.2 Å². The molecule has 3 aliphatic rings. The lowest BCUT2D eigenvalue weighted by molar-refractivity contribution is -0.262. The summed E-state index contributed by atoms with van der Waals surface area (Å²) < 4.78 is 49.7. The fraction of sp³-hybridized carbons (Fsp3) is 0.524. The number of fused-ring (bicyclic) bond motifs is 5. The molecule has 0 radical (unpaired) electrons. The lowest BCUT2D eigenvalue weighted by Crippen LogP contribution is -2.37. The molecule has 7 rings (SSSR count). The first-order chi connectivity index (χ1) is 20.6. The smallest absolute Gasteiger partial charge is 0.385 e. The van der Waals surface area contributed by atoms with Crippen molar-refractivity contribution in [2.45, 2.75) is 55.9 Å². The zero-order valence-corrected chi connectivity index (χ0v) is 22.7. The number of H-pyrrole nitrogens is 1. The molecule has 230 valence electrons. The van der Waals surface area contributed by atoms with Gasteiger partial charge < -0.3 is 45.5 Å². The molecule has 3 saturated heterocycles. The molecule has 7 heterocycles. The van der Waals surface area contributed by atoms with Gasteiger partial charge in [-0.05, 0) is 0 Å². The number of aliphatic hydroxyl groups excluding tert-OH is 2. The molecule has 0 aromatic carbocycles. The number of ether oxygens (including phenoxy) is 4. The van der Waals surface area contributed by atoms with Crippen molar-refractivity contribution in [1.29, 1.82) is 0 Å². The Morgan fingerprint density at radius 1 is 0.977 bits per heavy atom. The minimum absolute atomic E-state index is 0.0707. The van der Waals surface area contributed by atoms with E-state index in [4.69, 9.17) is 39.5 Å². The summed E-state index contributed by atoms with van der Waals surface area (Å²) in [6.07, 6.45) is -6.32. The van der Waals surface area contributed by atoms with Crippen molar-refractivity contribution >= 4 is 41.9 Å². The van der Waals surface area contributed by atoms with Crippen LogP contribution in [0.25, 0.3) is 22.3 Å². The third kappa shape index (κ3) is 5.04. The molecule has 21 nitrogen and oxygen atoms in total. The maximum absolute atomic E-state index is 13.1. The number of aromatic amines is 1. The van der Waals surface area contributed by atoms with Crippen LogP contribution >= 0.6 is 7.82 Å². The molecule has 43 heavy (non-hydrogen) atoms. The predicted octanol–water partition coefficient (Wildman–Crippen LogP) is -2.14. The van der Waals surface area contributed by atoms with Gasteiger partial charge in [0.2, 0.25) is 5.95 Å². The number of aromatic nitrogens is 8. The third-order valence-electron chi connectivity index (χ3n) is 7.17. The Morgan fingerprint density at radius 3 is 2.60 bits per heavy atom. The normalized spacial score (nSPS) is 35.4. The molecule has 0 amide bonds. The van der Waals surface area contributed by atoms with E-state index in [2.05, 4.69) is 29.9 Å². The van der Waals surface area contributed by atoms with Crippen LogP contribution in [0.1, 0.15) is 18.9 Å². The van der Waals surface area contributed by atoms with E-state index in [-0.39, 0.29) is 29.4 Å². The Bertz CT molecular complexity index is 1780. The molecule has 3 fully saturated rings. The summed E-state index contributed by atoms with van der Waals surface area (Å²) in [5.41, 5.74) is 11.5. The first kappa shape index (κ1) is 28.2. The number of nitrogens with two attached hydrogens (primary N) is 2. The number of phosphoric acid groups is 1. The van der Waals surface area contributed by atoms with E-state index in [9.17, 15) is 24.5 Å². The highest BCUT2D eigenvalue weighted by atomic mass is 31.2. The van der Waals surface area contributed by atoms with Gasteiger partial charge in [-0.3, -0.25) is 28.0 Å². The number of aliphatic hydroxyl groups is 2. The van der Waals surface area contributed by atoms with Gasteiger partial charge in [-0.25, -0.2) is 24.5 Å². The average Bonchev–Trinajstić information content (AvgIpc) is 3.72. The molecular weight excluding hydrogens is 599 g/mol. The van der Waals surface area contributed by atoms with Crippen molar-refractivity contribution < 1.29 is 47.7 Å². The van der Waals surface area contributed by atoms with Gasteiger partial charge in [0.05, 0.1) is 32.0 Å². The van der Waals surface area contributed by atoms with E-state index in [0.717, 1.165) is 6.33 Å². The monoisotopic (exact) mass is 624 g/mol. The molecule has 0 saturated carbocycles. The van der Waals surface area contributed by atoms with Crippen molar-refractivity contribution in [3.8, 4) is 0 Å². The molecule has 2 bridgehead atoms. The van der Waals surface area contributed by atoms with Gasteiger partial charge in [-0.1, -0.05) is 0 Å². The lowest BCUT2D eigenvalue weighted by atomic mass is 10.2. The van der Waals surface area contributed by atoms with Gasteiger partial charge in [-0.2, -0.15) is 4.98 Å². The van der Waals surface area contributed by atoms with E-state index < -0.39 is 76.0 Å². The maximum atomic E-state index is 13.1. The largest absolute Gasteiger partial charge is 0.472 e. The van der Waals surface area contributed by atoms with Crippen LogP contribution in [0, 0.1) is 0 Å². The Morgan fingerprint density at radius 2 is 1.77 bits per heavy atom. The maximum Gasteiger partial charge on any atom is 0.472 e. The molecule has 0 aliphatic carbocycles. The summed E-state index contributed by atoms with van der Waals surface area (Å²) in [5, 5.41) is 21.6. The summed E-state index contributed by atoms with van der Waals surface area (Å²) in [7, 11) is -4.94. The second kappa shape index (κ2) is 10.5. The third-order valence-corrected chi connectivity index (χ3v) is 8.16. The summed E-state index contributed by atoms with van der Waals surface area (Å²) in [5.74, 6) is -0.0624. The van der Waals surface area contributed by atoms with E-state index in [1.54, 1.807) is 4.57 Å². The fourth-order valence-corrected chi connectivity index (χ4v) is 6.16. The summed E-state index contributed by atoms with van der Waals surface area (Å²) in [6.45, 7) is -0.896. The van der Waals surface area contributed by atoms with Crippen LogP contribution in [0.2, 0.25) is 0 Å². The quantitative estimate of drug-likeness (QED) is 0.130. The van der Waals surface area contributed by atoms with Gasteiger partial charge in [0.1, 0.15) is 36.4 Å². The van der Waals surface area contributed by atoms with Gasteiger partial charge in [0.25, 0.3) is 5.56 Å². The fourth-order valence-electron chi connectivity index (χ4n) is 5.23. The van der Waals surface area contributed by atoms with Gasteiger partial charge in [0.15, 0.2) is 41.4 Å². The molecule has 4 aromatic rings. The number of rotatable bonds is 2. The molecule has 4 aromatic heterocycles. The Kier molecular flexibility index (Phi) is 6.89. The topological polar surface area (TPSA) is 292 Å². The number of nitrogens with zero attached hydrogens (tertiary/aromatic N) is 7. The first-order valence-corrected chi connectivity index (χ1v) is 14.3. The Labute approximate surface area is 238 Å². The van der Waals surface area contributed by atoms with Crippen LogP contribution in [0.5, 0.6) is 0 Å². The molecule has 8 N–H and O–H groups in total. The van der Waals surface area contributed by atoms with Crippen LogP contribution in [0.15, 0.2) is 23.8 Å². The minimum atomic E-state index is -4.94. The van der Waals surface area contributed by atoms with E-state index >= 15 is 0 Å².